The van der Waals surface area contributed by atoms with Crippen LogP contribution in [0.25, 0.3) is 0 Å². The lowest BCUT2D eigenvalue weighted by Gasteiger charge is -2.31. The molecule has 1 aromatic rings. The van der Waals surface area contributed by atoms with Gasteiger partial charge in [0.15, 0.2) is 0 Å². The van der Waals surface area contributed by atoms with Crippen LogP contribution in [0.5, 0.6) is 0 Å². The fourth-order valence-electron chi connectivity index (χ4n) is 1.37. The van der Waals surface area contributed by atoms with E-state index < -0.39 is 0 Å². The Labute approximate surface area is 82.5 Å². The van der Waals surface area contributed by atoms with E-state index in [1.165, 1.54) is 0 Å². The van der Waals surface area contributed by atoms with Gasteiger partial charge >= 0.3 is 0 Å². The fourth-order valence-corrected chi connectivity index (χ4v) is 1.80. The van der Waals surface area contributed by atoms with Crippen LogP contribution < -0.4 is 5.32 Å². The quantitative estimate of drug-likeness (QED) is 0.744. The lowest BCUT2D eigenvalue weighted by atomic mass is 9.92. The highest BCUT2D eigenvalue weighted by Gasteiger charge is 2.26. The number of aromatic nitrogens is 2. The molecule has 1 aliphatic rings. The normalized spacial score (nSPS) is 26.8. The minimum Gasteiger partial charge on any atom is -0.307 e. The zero-order valence-electron chi connectivity index (χ0n) is 7.28. The molecule has 0 aromatic carbocycles. The van der Waals surface area contributed by atoms with Gasteiger partial charge in [0.1, 0.15) is 5.82 Å². The Kier molecular flexibility index (Phi) is 2.76. The second-order valence-corrected chi connectivity index (χ2v) is 3.93. The van der Waals surface area contributed by atoms with Crippen molar-refractivity contribution in [3.63, 3.8) is 0 Å². The topological polar surface area (TPSA) is 37.8 Å². The van der Waals surface area contributed by atoms with Crippen LogP contribution in [-0.2, 0) is 6.54 Å². The van der Waals surface area contributed by atoms with Crippen LogP contribution in [0.4, 0.5) is 0 Å². The van der Waals surface area contributed by atoms with E-state index in [9.17, 15) is 0 Å². The van der Waals surface area contributed by atoms with E-state index in [4.69, 9.17) is 11.6 Å². The number of nitrogens with one attached hydrogen (secondary N) is 1. The first kappa shape index (κ1) is 8.91. The van der Waals surface area contributed by atoms with Gasteiger partial charge in [0.05, 0.1) is 6.54 Å². The summed E-state index contributed by atoms with van der Waals surface area (Å²) in [5.41, 5.74) is 0. The van der Waals surface area contributed by atoms with E-state index in [1.807, 2.05) is 6.07 Å². The molecule has 0 radical (unpaired) electrons. The van der Waals surface area contributed by atoms with Gasteiger partial charge < -0.3 is 5.32 Å². The maximum absolute atomic E-state index is 5.85. The van der Waals surface area contributed by atoms with Crippen LogP contribution in [0.2, 0.25) is 0 Å². The summed E-state index contributed by atoms with van der Waals surface area (Å²) in [5, 5.41) is 3.73. The fraction of sp³-hybridized carbons (Fsp3) is 0.556. The van der Waals surface area contributed by atoms with E-state index in [-0.39, 0.29) is 0 Å². The average Bonchev–Trinajstić information content (AvgIpc) is 2.12. The highest BCUT2D eigenvalue weighted by atomic mass is 35.5. The number of halogens is 1. The first-order valence-corrected chi connectivity index (χ1v) is 4.91. The van der Waals surface area contributed by atoms with E-state index in [0.29, 0.717) is 11.4 Å². The first-order valence-electron chi connectivity index (χ1n) is 4.48. The predicted molar refractivity (Wildman–Crippen MR) is 51.5 cm³/mol. The van der Waals surface area contributed by atoms with Crippen molar-refractivity contribution in [3.8, 4) is 0 Å². The molecule has 1 fully saturated rings. The molecule has 1 heterocycles. The van der Waals surface area contributed by atoms with Crippen molar-refractivity contribution in [2.75, 3.05) is 0 Å². The molecule has 1 aromatic heterocycles. The third kappa shape index (κ3) is 2.39. The number of hydrogen-bond acceptors (Lipinski definition) is 3. The van der Waals surface area contributed by atoms with Gasteiger partial charge in [0.25, 0.3) is 0 Å². The minimum atomic E-state index is 0.370. The Morgan fingerprint density at radius 1 is 1.38 bits per heavy atom. The number of nitrogens with zero attached hydrogens (tertiary/aromatic N) is 2. The molecule has 13 heavy (non-hydrogen) atoms. The molecule has 0 amide bonds. The summed E-state index contributed by atoms with van der Waals surface area (Å²) in [4.78, 5) is 8.24. The first-order chi connectivity index (χ1) is 6.34. The highest BCUT2D eigenvalue weighted by Crippen LogP contribution is 2.25. The summed E-state index contributed by atoms with van der Waals surface area (Å²) in [5.74, 6) is 0.848. The van der Waals surface area contributed by atoms with Crippen molar-refractivity contribution in [2.45, 2.75) is 30.8 Å². The maximum Gasteiger partial charge on any atom is 0.141 e. The molecule has 1 saturated carbocycles. The van der Waals surface area contributed by atoms with Crippen molar-refractivity contribution < 1.29 is 0 Å². The number of alkyl halides is 1. The highest BCUT2D eigenvalue weighted by molar-refractivity contribution is 6.21. The van der Waals surface area contributed by atoms with Gasteiger partial charge in [-0.2, -0.15) is 0 Å². The Morgan fingerprint density at radius 2 is 2.08 bits per heavy atom. The van der Waals surface area contributed by atoms with Crippen molar-refractivity contribution >= 4 is 11.6 Å². The zero-order chi connectivity index (χ0) is 9.10. The smallest absolute Gasteiger partial charge is 0.141 e. The molecule has 0 bridgehead atoms. The molecule has 3 nitrogen and oxygen atoms in total. The van der Waals surface area contributed by atoms with Crippen LogP contribution in [-0.4, -0.2) is 21.4 Å². The van der Waals surface area contributed by atoms with Crippen molar-refractivity contribution in [3.05, 3.63) is 24.3 Å². The van der Waals surface area contributed by atoms with Crippen LogP contribution in [0, 0.1) is 0 Å². The molecule has 0 saturated heterocycles. The molecule has 2 rings (SSSR count). The minimum absolute atomic E-state index is 0.370. The Hall–Kier alpha value is -0.670. The largest absolute Gasteiger partial charge is 0.307 e. The standard InChI is InChI=1S/C9H12ClN3/c10-7-4-8(5-7)13-6-9-11-2-1-3-12-9/h1-3,7-8,13H,4-6H2. The molecule has 0 aliphatic heterocycles. The van der Waals surface area contributed by atoms with Gasteiger partial charge in [-0.15, -0.1) is 11.6 Å². The molecule has 1 N–H and O–H groups in total. The second-order valence-electron chi connectivity index (χ2n) is 3.31. The van der Waals surface area contributed by atoms with Gasteiger partial charge in [0, 0.05) is 23.8 Å². The van der Waals surface area contributed by atoms with E-state index in [1.54, 1.807) is 12.4 Å². The number of hydrogen-bond donors (Lipinski definition) is 1. The van der Waals surface area contributed by atoms with E-state index >= 15 is 0 Å². The Morgan fingerprint density at radius 3 is 2.69 bits per heavy atom. The Balaban J connectivity index is 1.74. The van der Waals surface area contributed by atoms with Gasteiger partial charge in [-0.1, -0.05) is 0 Å². The van der Waals surface area contributed by atoms with E-state index in [2.05, 4.69) is 15.3 Å². The molecule has 1 aliphatic carbocycles. The predicted octanol–water partition coefficient (Wildman–Crippen LogP) is 1.34. The maximum atomic E-state index is 5.85. The molecular formula is C9H12ClN3. The molecular weight excluding hydrogens is 186 g/mol. The van der Waals surface area contributed by atoms with Gasteiger partial charge in [-0.05, 0) is 18.9 Å². The molecule has 70 valence electrons. The van der Waals surface area contributed by atoms with Crippen LogP contribution in [0.1, 0.15) is 18.7 Å². The summed E-state index contributed by atoms with van der Waals surface area (Å²) in [6.07, 6.45) is 5.65. The second kappa shape index (κ2) is 4.03. The van der Waals surface area contributed by atoms with Crippen LogP contribution in [0.3, 0.4) is 0 Å². The summed E-state index contributed by atoms with van der Waals surface area (Å²) >= 11 is 5.85. The third-order valence-electron chi connectivity index (χ3n) is 2.25. The van der Waals surface area contributed by atoms with Crippen molar-refractivity contribution in [2.24, 2.45) is 0 Å². The van der Waals surface area contributed by atoms with Gasteiger partial charge in [0.2, 0.25) is 0 Å². The van der Waals surface area contributed by atoms with Crippen LogP contribution >= 0.6 is 11.6 Å². The summed E-state index contributed by atoms with van der Waals surface area (Å²) in [6, 6.07) is 2.38. The molecule has 4 heteroatoms. The average molecular weight is 198 g/mol. The number of rotatable bonds is 3. The van der Waals surface area contributed by atoms with Crippen molar-refractivity contribution in [1.29, 1.82) is 0 Å². The zero-order valence-corrected chi connectivity index (χ0v) is 8.04. The van der Waals surface area contributed by atoms with Gasteiger partial charge in [-0.3, -0.25) is 0 Å². The van der Waals surface area contributed by atoms with Crippen molar-refractivity contribution in [1.82, 2.24) is 15.3 Å². The monoisotopic (exact) mass is 197 g/mol. The lowest BCUT2D eigenvalue weighted by Crippen LogP contribution is -2.41. The third-order valence-corrected chi connectivity index (χ3v) is 2.60. The summed E-state index contributed by atoms with van der Waals surface area (Å²) in [6.45, 7) is 0.745. The summed E-state index contributed by atoms with van der Waals surface area (Å²) in [7, 11) is 0. The van der Waals surface area contributed by atoms with Gasteiger partial charge in [-0.25, -0.2) is 9.97 Å². The molecule has 0 unspecified atom stereocenters. The lowest BCUT2D eigenvalue weighted by molar-refractivity contribution is 0.342. The summed E-state index contributed by atoms with van der Waals surface area (Å²) < 4.78 is 0. The molecule has 0 spiro atoms. The van der Waals surface area contributed by atoms with Crippen LogP contribution in [0.15, 0.2) is 18.5 Å². The molecule has 0 atom stereocenters. The van der Waals surface area contributed by atoms with E-state index in [0.717, 1.165) is 25.2 Å². The Bertz CT molecular complexity index is 259. The SMILES string of the molecule is ClC1CC(NCc2ncccn2)C1.